The van der Waals surface area contributed by atoms with E-state index >= 15 is 0 Å². The van der Waals surface area contributed by atoms with Gasteiger partial charge in [-0.15, -0.1) is 0 Å². The van der Waals surface area contributed by atoms with Crippen LogP contribution in [0, 0.1) is 11.3 Å². The number of hydrogen-bond donors (Lipinski definition) is 0. The van der Waals surface area contributed by atoms with Crippen LogP contribution in [-0.2, 0) is 6.42 Å². The summed E-state index contributed by atoms with van der Waals surface area (Å²) in [6, 6.07) is 8.91. The molecule has 15 heavy (non-hydrogen) atoms. The Morgan fingerprint density at radius 1 is 1.27 bits per heavy atom. The van der Waals surface area contributed by atoms with Crippen LogP contribution >= 0.6 is 15.9 Å². The lowest BCUT2D eigenvalue weighted by Crippen LogP contribution is -1.94. The quantitative estimate of drug-likeness (QED) is 0.713. The molecule has 1 fully saturated rings. The average Bonchev–Trinajstić information content (AvgIpc) is 2.80. The lowest BCUT2D eigenvalue weighted by atomic mass is 9.97. The predicted molar refractivity (Wildman–Crippen MR) is 69.6 cm³/mol. The Hall–Kier alpha value is -0.300. The Balaban J connectivity index is 2.32. The molecule has 0 spiro atoms. The topological polar surface area (TPSA) is 0 Å². The van der Waals surface area contributed by atoms with Crippen molar-refractivity contribution in [1.82, 2.24) is 0 Å². The third kappa shape index (κ3) is 1.75. The van der Waals surface area contributed by atoms with E-state index in [1.54, 1.807) is 5.56 Å². The molecule has 1 heteroatoms. The van der Waals surface area contributed by atoms with Gasteiger partial charge in [0, 0.05) is 5.33 Å². The van der Waals surface area contributed by atoms with Gasteiger partial charge in [0.25, 0.3) is 0 Å². The maximum Gasteiger partial charge on any atom is 0.00710 e. The number of aryl methyl sites for hydroxylation is 1. The molecule has 0 N–H and O–H groups in total. The highest BCUT2D eigenvalue weighted by Gasteiger charge is 2.57. The van der Waals surface area contributed by atoms with Crippen molar-refractivity contribution in [3.8, 4) is 0 Å². The molecule has 1 aromatic rings. The average molecular weight is 267 g/mol. The van der Waals surface area contributed by atoms with Crippen LogP contribution in [0.25, 0.3) is 0 Å². The van der Waals surface area contributed by atoms with Crippen LogP contribution in [0.15, 0.2) is 24.3 Å². The number of rotatable bonds is 3. The summed E-state index contributed by atoms with van der Waals surface area (Å²) < 4.78 is 0. The minimum Gasteiger partial charge on any atom is -0.0925 e. The van der Waals surface area contributed by atoms with Crippen LogP contribution < -0.4 is 0 Å². The third-order valence-electron chi connectivity index (χ3n) is 3.99. The molecule has 1 saturated carbocycles. The van der Waals surface area contributed by atoms with Gasteiger partial charge < -0.3 is 0 Å². The molecular formula is C14H19Br. The van der Waals surface area contributed by atoms with E-state index in [0.717, 1.165) is 23.6 Å². The second kappa shape index (κ2) is 3.93. The molecule has 0 nitrogen and oxygen atoms in total. The van der Waals surface area contributed by atoms with E-state index in [0.29, 0.717) is 5.41 Å². The van der Waals surface area contributed by atoms with Crippen LogP contribution in [0.3, 0.4) is 0 Å². The fourth-order valence-electron chi connectivity index (χ4n) is 2.81. The van der Waals surface area contributed by atoms with Gasteiger partial charge >= 0.3 is 0 Å². The van der Waals surface area contributed by atoms with E-state index in [-0.39, 0.29) is 0 Å². The Kier molecular flexibility index (Phi) is 2.94. The summed E-state index contributed by atoms with van der Waals surface area (Å²) in [6.45, 7) is 7.02. The van der Waals surface area contributed by atoms with E-state index in [4.69, 9.17) is 0 Å². The number of alkyl halides is 1. The molecule has 1 aliphatic rings. The third-order valence-corrected chi connectivity index (χ3v) is 4.69. The molecule has 2 rings (SSSR count). The van der Waals surface area contributed by atoms with Gasteiger partial charge in [0.1, 0.15) is 0 Å². The zero-order valence-corrected chi connectivity index (χ0v) is 11.3. The van der Waals surface area contributed by atoms with E-state index < -0.39 is 0 Å². The predicted octanol–water partition coefficient (Wildman–Crippen LogP) is 4.38. The minimum absolute atomic E-state index is 0.481. The molecule has 0 amide bonds. The smallest absolute Gasteiger partial charge is 0.00710 e. The van der Waals surface area contributed by atoms with E-state index in [1.165, 1.54) is 5.56 Å². The molecule has 0 aromatic heterocycles. The van der Waals surface area contributed by atoms with Gasteiger partial charge in [-0.1, -0.05) is 61.0 Å². The summed E-state index contributed by atoms with van der Waals surface area (Å²) in [5.74, 6) is 1.57. The van der Waals surface area contributed by atoms with Crippen molar-refractivity contribution >= 4 is 15.9 Å². The first-order valence-corrected chi connectivity index (χ1v) is 6.88. The van der Waals surface area contributed by atoms with Crippen molar-refractivity contribution in [3.63, 3.8) is 0 Å². The fraction of sp³-hybridized carbons (Fsp3) is 0.571. The molecule has 0 aliphatic heterocycles. The van der Waals surface area contributed by atoms with E-state index in [9.17, 15) is 0 Å². The molecule has 0 heterocycles. The van der Waals surface area contributed by atoms with Gasteiger partial charge in [0.2, 0.25) is 0 Å². The van der Waals surface area contributed by atoms with Gasteiger partial charge in [-0.2, -0.15) is 0 Å². The first kappa shape index (κ1) is 11.2. The maximum absolute atomic E-state index is 3.64. The van der Waals surface area contributed by atoms with Gasteiger partial charge in [-0.3, -0.25) is 0 Å². The van der Waals surface area contributed by atoms with Crippen molar-refractivity contribution in [3.05, 3.63) is 35.4 Å². The van der Waals surface area contributed by atoms with E-state index in [2.05, 4.69) is 61.0 Å². The highest BCUT2D eigenvalue weighted by molar-refractivity contribution is 9.09. The van der Waals surface area contributed by atoms with Crippen molar-refractivity contribution in [2.24, 2.45) is 11.3 Å². The first-order chi connectivity index (χ1) is 7.12. The zero-order chi connectivity index (χ0) is 11.1. The molecule has 0 radical (unpaired) electrons. The Labute approximate surface area is 101 Å². The van der Waals surface area contributed by atoms with Crippen LogP contribution in [0.2, 0.25) is 0 Å². The van der Waals surface area contributed by atoms with Crippen molar-refractivity contribution < 1.29 is 0 Å². The molecule has 0 saturated heterocycles. The van der Waals surface area contributed by atoms with Crippen LogP contribution in [0.5, 0.6) is 0 Å². The van der Waals surface area contributed by atoms with Crippen molar-refractivity contribution in [2.45, 2.75) is 33.1 Å². The summed E-state index contributed by atoms with van der Waals surface area (Å²) in [6.07, 6.45) is 1.15. The summed E-state index contributed by atoms with van der Waals surface area (Å²) in [5, 5.41) is 1.13. The second-order valence-electron chi connectivity index (χ2n) is 5.11. The lowest BCUT2D eigenvalue weighted by molar-refractivity contribution is 0.579. The Morgan fingerprint density at radius 2 is 1.93 bits per heavy atom. The second-order valence-corrected chi connectivity index (χ2v) is 5.76. The molecule has 82 valence electrons. The minimum atomic E-state index is 0.481. The van der Waals surface area contributed by atoms with Gasteiger partial charge in [0.15, 0.2) is 0 Å². The highest BCUT2D eigenvalue weighted by atomic mass is 79.9. The normalized spacial score (nSPS) is 27.7. The molecule has 1 aliphatic carbocycles. The van der Waals surface area contributed by atoms with Gasteiger partial charge in [0.05, 0.1) is 0 Å². The maximum atomic E-state index is 3.64. The largest absolute Gasteiger partial charge is 0.0925 e. The molecule has 2 unspecified atom stereocenters. The molecule has 0 bridgehead atoms. The molecule has 2 atom stereocenters. The summed E-state index contributed by atoms with van der Waals surface area (Å²) >= 11 is 3.64. The Bertz CT molecular complexity index is 354. The van der Waals surface area contributed by atoms with Crippen molar-refractivity contribution in [1.29, 1.82) is 0 Å². The summed E-state index contributed by atoms with van der Waals surface area (Å²) in [4.78, 5) is 0. The molecule has 1 aromatic carbocycles. The van der Waals surface area contributed by atoms with Gasteiger partial charge in [-0.25, -0.2) is 0 Å². The van der Waals surface area contributed by atoms with Crippen LogP contribution in [0.4, 0.5) is 0 Å². The number of hydrogen-bond acceptors (Lipinski definition) is 0. The lowest BCUT2D eigenvalue weighted by Gasteiger charge is -2.08. The number of halogens is 1. The first-order valence-electron chi connectivity index (χ1n) is 5.76. The summed E-state index contributed by atoms with van der Waals surface area (Å²) in [7, 11) is 0. The van der Waals surface area contributed by atoms with Gasteiger partial charge in [-0.05, 0) is 34.8 Å². The SMILES string of the molecule is CCc1ccccc1C1C(CBr)C1(C)C. The van der Waals surface area contributed by atoms with E-state index in [1.807, 2.05) is 0 Å². The fourth-order valence-corrected chi connectivity index (χ4v) is 4.02. The zero-order valence-electron chi connectivity index (χ0n) is 9.76. The number of benzene rings is 1. The Morgan fingerprint density at radius 3 is 2.47 bits per heavy atom. The van der Waals surface area contributed by atoms with Crippen molar-refractivity contribution in [2.75, 3.05) is 5.33 Å². The summed E-state index contributed by atoms with van der Waals surface area (Å²) in [5.41, 5.74) is 3.59. The monoisotopic (exact) mass is 266 g/mol. The highest BCUT2D eigenvalue weighted by Crippen LogP contribution is 2.65. The van der Waals surface area contributed by atoms with Crippen LogP contribution in [-0.4, -0.2) is 5.33 Å². The standard InChI is InChI=1S/C14H19Br/c1-4-10-7-5-6-8-11(10)13-12(9-15)14(13,2)3/h5-8,12-13H,4,9H2,1-3H3. The molecular weight excluding hydrogens is 248 g/mol. The van der Waals surface area contributed by atoms with Crippen LogP contribution in [0.1, 0.15) is 37.8 Å².